The first kappa shape index (κ1) is 27.1. The van der Waals surface area contributed by atoms with E-state index in [-0.39, 0.29) is 43.0 Å². The van der Waals surface area contributed by atoms with Crippen LogP contribution in [0.1, 0.15) is 29.9 Å². The van der Waals surface area contributed by atoms with E-state index in [2.05, 4.69) is 0 Å². The van der Waals surface area contributed by atoms with Crippen molar-refractivity contribution in [1.29, 1.82) is 0 Å². The van der Waals surface area contributed by atoms with E-state index in [0.717, 1.165) is 23.8 Å². The molecule has 1 saturated heterocycles. The number of amides is 1. The molecule has 204 valence electrons. The highest BCUT2D eigenvalue weighted by atomic mass is 32.2. The van der Waals surface area contributed by atoms with Crippen molar-refractivity contribution in [3.05, 3.63) is 102 Å². The summed E-state index contributed by atoms with van der Waals surface area (Å²) in [7, 11) is -4.06. The maximum atomic E-state index is 14.1. The molecular formula is C30H31FN2O5S. The van der Waals surface area contributed by atoms with Crippen LogP contribution in [-0.2, 0) is 32.6 Å². The molecule has 1 unspecified atom stereocenters. The lowest BCUT2D eigenvalue weighted by molar-refractivity contribution is -0.133. The van der Waals surface area contributed by atoms with Crippen LogP contribution in [0.15, 0.2) is 88.2 Å². The highest BCUT2D eigenvalue weighted by Gasteiger charge is 2.33. The molecule has 0 bridgehead atoms. The molecule has 0 N–H and O–H groups in total. The zero-order valence-corrected chi connectivity index (χ0v) is 22.6. The summed E-state index contributed by atoms with van der Waals surface area (Å²) >= 11 is 0. The van der Waals surface area contributed by atoms with Crippen molar-refractivity contribution in [1.82, 2.24) is 9.21 Å². The maximum absolute atomic E-state index is 14.1. The Labute approximate surface area is 227 Å². The number of rotatable bonds is 10. The fourth-order valence-electron chi connectivity index (χ4n) is 4.87. The second-order valence-corrected chi connectivity index (χ2v) is 11.7. The Bertz CT molecular complexity index is 1540. The van der Waals surface area contributed by atoms with Crippen LogP contribution >= 0.6 is 0 Å². The van der Waals surface area contributed by atoms with Gasteiger partial charge >= 0.3 is 0 Å². The van der Waals surface area contributed by atoms with E-state index in [4.69, 9.17) is 9.15 Å². The molecule has 7 nitrogen and oxygen atoms in total. The Hall–Kier alpha value is -3.53. The van der Waals surface area contributed by atoms with E-state index < -0.39 is 15.9 Å². The first-order chi connectivity index (χ1) is 18.8. The summed E-state index contributed by atoms with van der Waals surface area (Å²) in [6.07, 6.45) is 1.27. The first-order valence-corrected chi connectivity index (χ1v) is 14.4. The van der Waals surface area contributed by atoms with Gasteiger partial charge in [-0.05, 0) is 61.0 Å². The predicted octanol–water partition coefficient (Wildman–Crippen LogP) is 5.28. The largest absolute Gasteiger partial charge is 0.464 e. The highest BCUT2D eigenvalue weighted by Crippen LogP contribution is 2.27. The van der Waals surface area contributed by atoms with Gasteiger partial charge in [0.25, 0.3) is 0 Å². The molecule has 2 heterocycles. The zero-order chi connectivity index (χ0) is 27.4. The molecule has 1 fully saturated rings. The molecule has 1 amide bonds. The summed E-state index contributed by atoms with van der Waals surface area (Å²) in [5.41, 5.74) is 0.718. The quantitative estimate of drug-likeness (QED) is 0.269. The number of nitrogens with zero attached hydrogens (tertiary/aromatic N) is 2. The lowest BCUT2D eigenvalue weighted by Crippen LogP contribution is -2.45. The Kier molecular flexibility index (Phi) is 8.11. The molecule has 0 radical (unpaired) electrons. The van der Waals surface area contributed by atoms with Gasteiger partial charge in [-0.3, -0.25) is 4.79 Å². The number of furan rings is 1. The van der Waals surface area contributed by atoms with Crippen molar-refractivity contribution >= 4 is 26.7 Å². The van der Waals surface area contributed by atoms with E-state index >= 15 is 0 Å². The first-order valence-electron chi connectivity index (χ1n) is 13.0. The van der Waals surface area contributed by atoms with Gasteiger partial charge in [0.1, 0.15) is 17.3 Å². The van der Waals surface area contributed by atoms with Gasteiger partial charge in [-0.2, -0.15) is 4.31 Å². The van der Waals surface area contributed by atoms with Crippen LogP contribution in [0.4, 0.5) is 4.39 Å². The third kappa shape index (κ3) is 6.38. The fraction of sp³-hybridized carbons (Fsp3) is 0.300. The van der Waals surface area contributed by atoms with E-state index in [1.807, 2.05) is 31.2 Å². The summed E-state index contributed by atoms with van der Waals surface area (Å²) in [4.78, 5) is 15.5. The van der Waals surface area contributed by atoms with Crippen LogP contribution in [0.2, 0.25) is 0 Å². The summed E-state index contributed by atoms with van der Waals surface area (Å²) in [5, 5.41) is 1.40. The maximum Gasteiger partial charge on any atom is 0.244 e. The molecule has 1 aromatic heterocycles. The Morgan fingerprint density at radius 3 is 2.46 bits per heavy atom. The topological polar surface area (TPSA) is 80.1 Å². The van der Waals surface area contributed by atoms with Crippen molar-refractivity contribution in [3.8, 4) is 0 Å². The number of benzene rings is 3. The van der Waals surface area contributed by atoms with Crippen molar-refractivity contribution in [2.45, 2.75) is 43.9 Å². The van der Waals surface area contributed by atoms with E-state index in [0.29, 0.717) is 23.5 Å². The molecule has 0 saturated carbocycles. The van der Waals surface area contributed by atoms with E-state index in [9.17, 15) is 17.6 Å². The smallest absolute Gasteiger partial charge is 0.244 e. The standard InChI is InChI=1S/C30H31FN2O5S/c1-22-11-16-27(38-22)19-32(18-23-12-14-25(31)15-13-23)30(34)21-33(20-26-8-5-17-37-26)39(35,36)29-10-4-7-24-6-2-3-9-28(24)29/h2-4,6-7,9-16,26H,5,8,17-21H2,1H3. The molecule has 4 aromatic rings. The predicted molar refractivity (Wildman–Crippen MR) is 146 cm³/mol. The molecule has 3 aromatic carbocycles. The van der Waals surface area contributed by atoms with Crippen molar-refractivity contribution < 1.29 is 26.8 Å². The average molecular weight is 551 g/mol. The molecule has 1 atom stereocenters. The third-order valence-electron chi connectivity index (χ3n) is 6.89. The Morgan fingerprint density at radius 2 is 1.74 bits per heavy atom. The van der Waals surface area contributed by atoms with Crippen molar-refractivity contribution in [2.24, 2.45) is 0 Å². The molecule has 0 aliphatic carbocycles. The number of hydrogen-bond donors (Lipinski definition) is 0. The van der Waals surface area contributed by atoms with Gasteiger partial charge in [0.05, 0.1) is 24.1 Å². The minimum absolute atomic E-state index is 0.0710. The minimum atomic E-state index is -4.06. The number of hydrogen-bond acceptors (Lipinski definition) is 5. The fourth-order valence-corrected chi connectivity index (χ4v) is 6.51. The number of carbonyl (C=O) groups is 1. The molecule has 1 aliphatic rings. The van der Waals surface area contributed by atoms with Gasteiger partial charge < -0.3 is 14.1 Å². The van der Waals surface area contributed by atoms with Gasteiger partial charge in [-0.1, -0.05) is 48.5 Å². The van der Waals surface area contributed by atoms with Crippen LogP contribution < -0.4 is 0 Å². The Balaban J connectivity index is 1.47. The molecule has 39 heavy (non-hydrogen) atoms. The van der Waals surface area contributed by atoms with E-state index in [1.165, 1.54) is 21.3 Å². The van der Waals surface area contributed by atoms with Crippen LogP contribution in [0.25, 0.3) is 10.8 Å². The van der Waals surface area contributed by atoms with E-state index in [1.54, 1.807) is 42.5 Å². The summed E-state index contributed by atoms with van der Waals surface area (Å²) in [5.74, 6) is 0.515. The number of aryl methyl sites for hydroxylation is 1. The van der Waals surface area contributed by atoms with Crippen LogP contribution in [0, 0.1) is 12.7 Å². The number of fused-ring (bicyclic) bond motifs is 1. The number of carbonyl (C=O) groups excluding carboxylic acids is 1. The second kappa shape index (κ2) is 11.7. The van der Waals surface area contributed by atoms with Gasteiger partial charge in [0.15, 0.2) is 0 Å². The summed E-state index contributed by atoms with van der Waals surface area (Å²) < 4.78 is 54.4. The minimum Gasteiger partial charge on any atom is -0.464 e. The number of ether oxygens (including phenoxy) is 1. The summed E-state index contributed by atoms with van der Waals surface area (Å²) in [6.45, 7) is 2.39. The molecule has 1 aliphatic heterocycles. The normalized spacial score (nSPS) is 15.7. The van der Waals surface area contributed by atoms with Crippen LogP contribution in [-0.4, -0.2) is 49.3 Å². The van der Waals surface area contributed by atoms with Crippen LogP contribution in [0.3, 0.4) is 0 Å². The van der Waals surface area contributed by atoms with Crippen molar-refractivity contribution in [2.75, 3.05) is 19.7 Å². The highest BCUT2D eigenvalue weighted by molar-refractivity contribution is 7.89. The Morgan fingerprint density at radius 1 is 0.974 bits per heavy atom. The second-order valence-electron chi connectivity index (χ2n) is 9.80. The SMILES string of the molecule is Cc1ccc(CN(Cc2ccc(F)cc2)C(=O)CN(CC2CCCO2)S(=O)(=O)c2cccc3ccccc23)o1. The van der Waals surface area contributed by atoms with Crippen LogP contribution in [0.5, 0.6) is 0 Å². The molecule has 0 spiro atoms. The molecule has 5 rings (SSSR count). The molecule has 9 heteroatoms. The molecular weight excluding hydrogens is 519 g/mol. The zero-order valence-electron chi connectivity index (χ0n) is 21.8. The monoisotopic (exact) mass is 550 g/mol. The average Bonchev–Trinajstić information content (AvgIpc) is 3.60. The third-order valence-corrected chi connectivity index (χ3v) is 8.76. The van der Waals surface area contributed by atoms with Gasteiger partial charge in [0.2, 0.25) is 15.9 Å². The van der Waals surface area contributed by atoms with Gasteiger partial charge in [-0.15, -0.1) is 0 Å². The van der Waals surface area contributed by atoms with Crippen molar-refractivity contribution in [3.63, 3.8) is 0 Å². The van der Waals surface area contributed by atoms with Gasteiger partial charge in [0, 0.05) is 25.1 Å². The lowest BCUT2D eigenvalue weighted by atomic mass is 10.1. The number of halogens is 1. The van der Waals surface area contributed by atoms with Gasteiger partial charge in [-0.25, -0.2) is 12.8 Å². The summed E-state index contributed by atoms with van der Waals surface area (Å²) in [6, 6.07) is 21.9. The lowest BCUT2D eigenvalue weighted by Gasteiger charge is -2.28. The number of sulfonamides is 1.